The first-order valence-electron chi connectivity index (χ1n) is 24.6. The summed E-state index contributed by atoms with van der Waals surface area (Å²) in [6, 6.07) is 56.8. The molecule has 6 nitrogen and oxygen atoms in total. The summed E-state index contributed by atoms with van der Waals surface area (Å²) < 4.78 is 24.7. The lowest BCUT2D eigenvalue weighted by molar-refractivity contribution is 0.214. The van der Waals surface area contributed by atoms with Gasteiger partial charge < -0.3 is 29.2 Å². The van der Waals surface area contributed by atoms with Gasteiger partial charge in [0, 0.05) is 11.6 Å². The quantitative estimate of drug-likeness (QED) is 0.0401. The second kappa shape index (κ2) is 21.3. The zero-order valence-corrected chi connectivity index (χ0v) is 39.8. The molecule has 6 heteroatoms. The number of unbranched alkanes of at least 4 members (excludes halogenated alkanes) is 3. The van der Waals surface area contributed by atoms with Crippen molar-refractivity contribution in [3.63, 3.8) is 0 Å². The molecule has 7 aromatic carbocycles. The summed E-state index contributed by atoms with van der Waals surface area (Å²) in [6.45, 7) is 11.2. The molecule has 0 bridgehead atoms. The number of benzene rings is 7. The summed E-state index contributed by atoms with van der Waals surface area (Å²) in [4.78, 5) is 0. The Labute approximate surface area is 407 Å². The van der Waals surface area contributed by atoms with E-state index in [4.69, 9.17) is 25.5 Å². The van der Waals surface area contributed by atoms with Crippen molar-refractivity contribution in [2.75, 3.05) is 33.0 Å². The normalized spacial score (nSPS) is 13.9. The van der Waals surface area contributed by atoms with Crippen LogP contribution in [-0.2, 0) is 15.6 Å². The van der Waals surface area contributed by atoms with Crippen molar-refractivity contribution in [2.24, 2.45) is 0 Å². The first-order chi connectivity index (χ1) is 33.9. The average Bonchev–Trinajstić information content (AvgIpc) is 3.86. The number of fused-ring (bicyclic) bond motifs is 6. The number of ether oxygens (including phenoxy) is 4. The van der Waals surface area contributed by atoms with Crippen LogP contribution in [0.1, 0.15) is 91.3 Å². The van der Waals surface area contributed by atoms with Crippen molar-refractivity contribution >= 4 is 0 Å². The second-order valence-electron chi connectivity index (χ2n) is 17.9. The van der Waals surface area contributed by atoms with Gasteiger partial charge in [0.15, 0.2) is 0 Å². The van der Waals surface area contributed by atoms with Crippen LogP contribution in [0.25, 0.3) is 22.3 Å². The Morgan fingerprint density at radius 2 is 0.942 bits per heavy atom. The molecule has 0 saturated carbocycles. The highest BCUT2D eigenvalue weighted by Gasteiger charge is 2.48. The number of allylic oxidation sites excluding steroid dienone is 3. The number of hydrogen-bond acceptors (Lipinski definition) is 6. The van der Waals surface area contributed by atoms with Gasteiger partial charge in [0.1, 0.15) is 28.8 Å². The number of aromatic hydroxyl groups is 1. The van der Waals surface area contributed by atoms with Crippen LogP contribution < -0.4 is 14.2 Å². The smallest absolute Gasteiger partial charge is 0.124 e. The Bertz CT molecular complexity index is 2850. The van der Waals surface area contributed by atoms with Crippen molar-refractivity contribution in [3.05, 3.63) is 239 Å². The summed E-state index contributed by atoms with van der Waals surface area (Å²) in [5.41, 5.74) is 11.8. The fourth-order valence-corrected chi connectivity index (χ4v) is 10.4. The van der Waals surface area contributed by atoms with E-state index >= 15 is 0 Å². The van der Waals surface area contributed by atoms with Crippen LogP contribution in [-0.4, -0.2) is 43.2 Å². The van der Waals surface area contributed by atoms with E-state index in [1.165, 1.54) is 22.3 Å². The molecule has 2 aliphatic carbocycles. The van der Waals surface area contributed by atoms with Crippen LogP contribution in [0.15, 0.2) is 200 Å². The Balaban J connectivity index is 0.878. The Kier molecular flexibility index (Phi) is 14.5. The van der Waals surface area contributed by atoms with Crippen LogP contribution in [0.5, 0.6) is 23.0 Å². The Hall–Kier alpha value is -7.28. The third-order valence-corrected chi connectivity index (χ3v) is 13.7. The molecule has 0 heterocycles. The van der Waals surface area contributed by atoms with Crippen molar-refractivity contribution in [1.82, 2.24) is 0 Å². The Morgan fingerprint density at radius 3 is 1.46 bits per heavy atom. The van der Waals surface area contributed by atoms with Gasteiger partial charge in [-0.15, -0.1) is 0 Å². The minimum Gasteiger partial charge on any atom is -0.507 e. The molecule has 0 atom stereocenters. The summed E-state index contributed by atoms with van der Waals surface area (Å²) in [5.74, 6) is 3.09. The van der Waals surface area contributed by atoms with Crippen molar-refractivity contribution < 1.29 is 29.2 Å². The maximum absolute atomic E-state index is 11.8. The van der Waals surface area contributed by atoms with E-state index in [0.29, 0.717) is 37.9 Å². The molecular weight excluding hydrogens is 853 g/mol. The average molecular weight is 915 g/mol. The predicted octanol–water partition coefficient (Wildman–Crippen LogP) is 14.3. The van der Waals surface area contributed by atoms with E-state index < -0.39 is 10.8 Å². The van der Waals surface area contributed by atoms with Crippen LogP contribution in [0.4, 0.5) is 0 Å². The van der Waals surface area contributed by atoms with Crippen LogP contribution in [0.3, 0.4) is 0 Å². The summed E-state index contributed by atoms with van der Waals surface area (Å²) in [6.07, 6.45) is 11.3. The van der Waals surface area contributed by atoms with E-state index in [9.17, 15) is 10.2 Å². The van der Waals surface area contributed by atoms with E-state index in [-0.39, 0.29) is 12.4 Å². The molecule has 0 saturated heterocycles. The van der Waals surface area contributed by atoms with Gasteiger partial charge in [-0.05, 0) is 129 Å². The monoisotopic (exact) mass is 914 g/mol. The molecular formula is C63H62O6. The first-order valence-corrected chi connectivity index (χ1v) is 24.6. The third-order valence-electron chi connectivity index (χ3n) is 13.7. The Morgan fingerprint density at radius 1 is 0.493 bits per heavy atom. The molecule has 2 N–H and O–H groups in total. The van der Waals surface area contributed by atoms with Gasteiger partial charge in [-0.3, -0.25) is 0 Å². The van der Waals surface area contributed by atoms with Crippen LogP contribution >= 0.6 is 0 Å². The van der Waals surface area contributed by atoms with Gasteiger partial charge in [0.25, 0.3) is 0 Å². The zero-order valence-electron chi connectivity index (χ0n) is 39.8. The zero-order chi connectivity index (χ0) is 47.6. The number of hydrogen-bond donors (Lipinski definition) is 2. The standard InChI is InChI=1S/C63H62O6/c1-4-6-40-66-50(38-39-64)31-26-45(3)62(56-22-12-8-18-52(56)53-19-9-13-23-57(53)62)46-27-32-48(33-28-46)67-42-16-17-43-68-49-34-29-47(30-35-49)63(60-37-36-51(44-61(60)65)69-41-7-5-2)58-24-14-10-20-54(58)55-21-11-15-25-59(55)63/h8-15,18-38,44,64-65H,3-7,16-17,39-43H2,1-2H3/b31-26-,50-38+. The first kappa shape index (κ1) is 46.8. The van der Waals surface area contributed by atoms with Crippen LogP contribution in [0, 0.1) is 0 Å². The molecule has 0 amide bonds. The van der Waals surface area contributed by atoms with E-state index in [1.54, 1.807) is 12.1 Å². The summed E-state index contributed by atoms with van der Waals surface area (Å²) >= 11 is 0. The second-order valence-corrected chi connectivity index (χ2v) is 17.9. The van der Waals surface area contributed by atoms with Gasteiger partial charge in [0.2, 0.25) is 0 Å². The number of rotatable bonds is 22. The maximum Gasteiger partial charge on any atom is 0.124 e. The minimum absolute atomic E-state index is 0.107. The lowest BCUT2D eigenvalue weighted by atomic mass is 9.67. The highest BCUT2D eigenvalue weighted by atomic mass is 16.5. The van der Waals surface area contributed by atoms with Gasteiger partial charge in [-0.25, -0.2) is 0 Å². The van der Waals surface area contributed by atoms with Gasteiger partial charge >= 0.3 is 0 Å². The SMILES string of the molecule is C=C(/C=C\C(=C/CO)OCCCC)C1(c2ccc(OCCCCOc3ccc(C4(c5ccc(OCCCC)cc5O)c5ccccc5-c5ccccc54)cc3)cc2)c2ccccc2-c2ccccc21. The number of aliphatic hydroxyl groups is 1. The fourth-order valence-electron chi connectivity index (χ4n) is 10.4. The number of aliphatic hydroxyl groups excluding tert-OH is 1. The third kappa shape index (κ3) is 8.98. The highest BCUT2D eigenvalue weighted by molar-refractivity contribution is 5.88. The minimum atomic E-state index is -0.740. The molecule has 0 radical (unpaired) electrons. The highest BCUT2D eigenvalue weighted by Crippen LogP contribution is 2.59. The molecule has 0 spiro atoms. The predicted molar refractivity (Wildman–Crippen MR) is 279 cm³/mol. The largest absolute Gasteiger partial charge is 0.507 e. The lowest BCUT2D eigenvalue weighted by Crippen LogP contribution is -2.28. The molecule has 0 aliphatic heterocycles. The molecule has 350 valence electrons. The van der Waals surface area contributed by atoms with E-state index in [1.807, 2.05) is 36.4 Å². The number of phenolic OH excluding ortho intramolecular Hbond substituents is 1. The summed E-state index contributed by atoms with van der Waals surface area (Å²) in [7, 11) is 0. The molecule has 2 aliphatic rings. The van der Waals surface area contributed by atoms with Crippen molar-refractivity contribution in [1.29, 1.82) is 0 Å². The van der Waals surface area contributed by atoms with Crippen molar-refractivity contribution in [2.45, 2.75) is 63.2 Å². The number of phenols is 1. The molecule has 9 rings (SSSR count). The van der Waals surface area contributed by atoms with E-state index in [2.05, 4.69) is 147 Å². The van der Waals surface area contributed by atoms with Gasteiger partial charge in [-0.2, -0.15) is 0 Å². The van der Waals surface area contributed by atoms with E-state index in [0.717, 1.165) is 94.5 Å². The molecule has 0 aromatic heterocycles. The van der Waals surface area contributed by atoms with Gasteiger partial charge in [-0.1, -0.05) is 167 Å². The van der Waals surface area contributed by atoms with Crippen LogP contribution in [0.2, 0.25) is 0 Å². The van der Waals surface area contributed by atoms with Gasteiger partial charge in [0.05, 0.1) is 43.9 Å². The molecule has 0 unspecified atom stereocenters. The molecule has 0 fully saturated rings. The molecule has 69 heavy (non-hydrogen) atoms. The summed E-state index contributed by atoms with van der Waals surface area (Å²) in [5, 5.41) is 21.5. The van der Waals surface area contributed by atoms with Crippen molar-refractivity contribution in [3.8, 4) is 45.3 Å². The molecule has 7 aromatic rings. The lowest BCUT2D eigenvalue weighted by Gasteiger charge is -2.34. The topological polar surface area (TPSA) is 77.4 Å². The fraction of sp³-hybridized carbons (Fsp3) is 0.238. The maximum atomic E-state index is 11.8.